The quantitative estimate of drug-likeness (QED) is 0.301. The fourth-order valence-corrected chi connectivity index (χ4v) is 5.09. The molecular weight excluding hydrogens is 494 g/mol. The number of likely N-dealkylation sites (tertiary alicyclic amines) is 1. The molecule has 0 aliphatic carbocycles. The number of hydrogen-bond donors (Lipinski definition) is 1. The maximum Gasteiger partial charge on any atom is 0.255 e. The number of benzene rings is 1. The number of hydrogen-bond acceptors (Lipinski definition) is 9. The predicted octanol–water partition coefficient (Wildman–Crippen LogP) is 3.29. The zero-order valence-corrected chi connectivity index (χ0v) is 21.9. The highest BCUT2D eigenvalue weighted by atomic mass is 16.5. The molecule has 0 saturated carbocycles. The van der Waals surface area contributed by atoms with Gasteiger partial charge in [0.2, 0.25) is 5.95 Å². The van der Waals surface area contributed by atoms with Crippen LogP contribution in [0.1, 0.15) is 40.4 Å². The molecule has 0 atom stereocenters. The number of carbonyl (C=O) groups is 1. The molecule has 0 spiro atoms. The number of pyridine rings is 1. The van der Waals surface area contributed by atoms with Crippen molar-refractivity contribution >= 4 is 35.1 Å². The van der Waals surface area contributed by atoms with E-state index in [1.165, 1.54) is 5.56 Å². The van der Waals surface area contributed by atoms with E-state index in [2.05, 4.69) is 44.0 Å². The zero-order valence-electron chi connectivity index (χ0n) is 21.9. The second-order valence-corrected chi connectivity index (χ2v) is 9.84. The molecule has 1 aromatic carbocycles. The number of anilines is 2. The number of piperidine rings is 1. The number of nitrogens with zero attached hydrogens (tertiary/aromatic N) is 8. The maximum atomic E-state index is 12.9. The number of hydrazone groups is 1. The van der Waals surface area contributed by atoms with Crippen molar-refractivity contribution in [3.05, 3.63) is 71.8 Å². The highest BCUT2D eigenvalue weighted by Gasteiger charge is 2.27. The summed E-state index contributed by atoms with van der Waals surface area (Å²) in [6.07, 6.45) is 8.53. The Labute approximate surface area is 226 Å². The van der Waals surface area contributed by atoms with E-state index in [-0.39, 0.29) is 11.9 Å². The molecule has 6 rings (SSSR count). The summed E-state index contributed by atoms with van der Waals surface area (Å²) in [6.45, 7) is 6.09. The van der Waals surface area contributed by atoms with Crippen LogP contribution in [-0.4, -0.2) is 80.9 Å². The Morgan fingerprint density at radius 3 is 2.72 bits per heavy atom. The van der Waals surface area contributed by atoms with Gasteiger partial charge in [-0.05, 0) is 37.5 Å². The first-order valence-corrected chi connectivity index (χ1v) is 13.3. The van der Waals surface area contributed by atoms with Crippen molar-refractivity contribution < 1.29 is 9.53 Å². The van der Waals surface area contributed by atoms with Gasteiger partial charge in [0.1, 0.15) is 0 Å². The van der Waals surface area contributed by atoms with Gasteiger partial charge in [0, 0.05) is 44.6 Å². The SMILES string of the molecule is Cc1cccc(/C=N/Nc2nc(N3CCOCC3)nc3c2ncn3C2CCN(C(=O)c3cccnc3)CC2)c1. The third-order valence-corrected chi connectivity index (χ3v) is 7.18. The number of imidazole rings is 1. The lowest BCUT2D eigenvalue weighted by Crippen LogP contribution is -2.39. The number of aryl methyl sites for hydroxylation is 1. The number of morpholine rings is 1. The minimum Gasteiger partial charge on any atom is -0.378 e. The van der Waals surface area contributed by atoms with Gasteiger partial charge in [0.25, 0.3) is 5.91 Å². The van der Waals surface area contributed by atoms with Gasteiger partial charge in [-0.1, -0.05) is 29.8 Å². The largest absolute Gasteiger partial charge is 0.378 e. The Kier molecular flexibility index (Phi) is 7.13. The highest BCUT2D eigenvalue weighted by Crippen LogP contribution is 2.30. The van der Waals surface area contributed by atoms with Crippen molar-refractivity contribution in [2.45, 2.75) is 25.8 Å². The predicted molar refractivity (Wildman–Crippen MR) is 149 cm³/mol. The molecule has 11 heteroatoms. The van der Waals surface area contributed by atoms with Crippen LogP contribution in [0, 0.1) is 6.92 Å². The molecule has 1 amide bonds. The molecule has 2 fully saturated rings. The molecule has 2 aliphatic rings. The molecule has 0 radical (unpaired) electrons. The van der Waals surface area contributed by atoms with Crippen LogP contribution in [0.25, 0.3) is 11.2 Å². The molecule has 0 bridgehead atoms. The van der Waals surface area contributed by atoms with E-state index in [1.807, 2.05) is 29.4 Å². The van der Waals surface area contributed by atoms with Crippen LogP contribution >= 0.6 is 0 Å². The van der Waals surface area contributed by atoms with Gasteiger partial charge in [-0.25, -0.2) is 4.98 Å². The summed E-state index contributed by atoms with van der Waals surface area (Å²) >= 11 is 0. The van der Waals surface area contributed by atoms with Gasteiger partial charge in [0.15, 0.2) is 17.0 Å². The van der Waals surface area contributed by atoms with Gasteiger partial charge in [0.05, 0.1) is 31.3 Å². The molecule has 11 nitrogen and oxygen atoms in total. The fraction of sp³-hybridized carbons (Fsp3) is 0.357. The lowest BCUT2D eigenvalue weighted by atomic mass is 10.0. The number of nitrogens with one attached hydrogen (secondary N) is 1. The van der Waals surface area contributed by atoms with Crippen molar-refractivity contribution in [1.29, 1.82) is 0 Å². The first-order valence-electron chi connectivity index (χ1n) is 13.3. The topological polar surface area (TPSA) is 114 Å². The molecule has 5 heterocycles. The van der Waals surface area contributed by atoms with Crippen LogP contribution < -0.4 is 10.3 Å². The lowest BCUT2D eigenvalue weighted by Gasteiger charge is -2.33. The van der Waals surface area contributed by atoms with Gasteiger partial charge >= 0.3 is 0 Å². The van der Waals surface area contributed by atoms with E-state index in [0.717, 1.165) is 37.1 Å². The Hall–Kier alpha value is -4.38. The third kappa shape index (κ3) is 5.44. The van der Waals surface area contributed by atoms with Crippen molar-refractivity contribution in [3.8, 4) is 0 Å². The summed E-state index contributed by atoms with van der Waals surface area (Å²) in [5, 5.41) is 4.46. The Balaban J connectivity index is 1.26. The van der Waals surface area contributed by atoms with E-state index >= 15 is 0 Å². The van der Waals surface area contributed by atoms with Crippen LogP contribution in [0.15, 0.2) is 60.2 Å². The summed E-state index contributed by atoms with van der Waals surface area (Å²) < 4.78 is 7.66. The highest BCUT2D eigenvalue weighted by molar-refractivity contribution is 5.94. The summed E-state index contributed by atoms with van der Waals surface area (Å²) in [5.74, 6) is 1.21. The van der Waals surface area contributed by atoms with E-state index in [1.54, 1.807) is 24.7 Å². The summed E-state index contributed by atoms with van der Waals surface area (Å²) in [4.78, 5) is 35.5. The molecular formula is C28H31N9O2. The van der Waals surface area contributed by atoms with Crippen molar-refractivity contribution in [3.63, 3.8) is 0 Å². The van der Waals surface area contributed by atoms with Crippen LogP contribution in [0.4, 0.5) is 11.8 Å². The minimum absolute atomic E-state index is 0.0203. The van der Waals surface area contributed by atoms with Crippen molar-refractivity contribution in [2.75, 3.05) is 49.7 Å². The minimum atomic E-state index is 0.0203. The van der Waals surface area contributed by atoms with Crippen LogP contribution in [0.3, 0.4) is 0 Å². The Morgan fingerprint density at radius 2 is 1.95 bits per heavy atom. The molecule has 39 heavy (non-hydrogen) atoms. The smallest absolute Gasteiger partial charge is 0.255 e. The van der Waals surface area contributed by atoms with Gasteiger partial charge < -0.3 is 19.1 Å². The fourth-order valence-electron chi connectivity index (χ4n) is 5.09. The van der Waals surface area contributed by atoms with Crippen LogP contribution in [-0.2, 0) is 4.74 Å². The average Bonchev–Trinajstić information content (AvgIpc) is 3.42. The lowest BCUT2D eigenvalue weighted by molar-refractivity contribution is 0.0695. The number of ether oxygens (including phenoxy) is 1. The van der Waals surface area contributed by atoms with Gasteiger partial charge in [-0.2, -0.15) is 15.1 Å². The normalized spacial score (nSPS) is 16.7. The summed E-state index contributed by atoms with van der Waals surface area (Å²) in [5.41, 5.74) is 7.34. The second-order valence-electron chi connectivity index (χ2n) is 9.84. The number of aromatic nitrogens is 5. The van der Waals surface area contributed by atoms with Crippen LogP contribution in [0.5, 0.6) is 0 Å². The Morgan fingerprint density at radius 1 is 1.10 bits per heavy atom. The maximum absolute atomic E-state index is 12.9. The molecule has 2 aliphatic heterocycles. The molecule has 2 saturated heterocycles. The first-order chi connectivity index (χ1) is 19.2. The molecule has 200 valence electrons. The van der Waals surface area contributed by atoms with Crippen LogP contribution in [0.2, 0.25) is 0 Å². The molecule has 4 aromatic rings. The monoisotopic (exact) mass is 525 g/mol. The number of carbonyl (C=O) groups excluding carboxylic acids is 1. The first kappa shape index (κ1) is 24.9. The number of amides is 1. The van der Waals surface area contributed by atoms with Crippen molar-refractivity contribution in [2.24, 2.45) is 5.10 Å². The van der Waals surface area contributed by atoms with Crippen molar-refractivity contribution in [1.82, 2.24) is 29.4 Å². The van der Waals surface area contributed by atoms with E-state index < -0.39 is 0 Å². The number of fused-ring (bicyclic) bond motifs is 1. The standard InChI is InChI=1S/C28H31N9O2/c1-20-4-2-5-21(16-20)17-31-34-25-24-26(33-28(32-25)36-12-14-39-15-13-36)37(19-30-24)23-7-10-35(11-8-23)27(38)22-6-3-9-29-18-22/h2-6,9,16-19,23H,7-8,10-15H2,1H3,(H,32,33,34)/b31-17+. The van der Waals surface area contributed by atoms with Gasteiger partial charge in [-0.3, -0.25) is 15.2 Å². The molecule has 1 N–H and O–H groups in total. The molecule has 0 unspecified atom stereocenters. The van der Waals surface area contributed by atoms with Gasteiger partial charge in [-0.15, -0.1) is 0 Å². The average molecular weight is 526 g/mol. The van der Waals surface area contributed by atoms with E-state index in [0.29, 0.717) is 49.1 Å². The summed E-state index contributed by atoms with van der Waals surface area (Å²) in [7, 11) is 0. The summed E-state index contributed by atoms with van der Waals surface area (Å²) in [6, 6.07) is 11.9. The van der Waals surface area contributed by atoms with E-state index in [4.69, 9.17) is 19.7 Å². The second kappa shape index (κ2) is 11.2. The third-order valence-electron chi connectivity index (χ3n) is 7.18. The Bertz CT molecular complexity index is 1470. The van der Waals surface area contributed by atoms with E-state index in [9.17, 15) is 4.79 Å². The number of rotatable bonds is 6. The zero-order chi connectivity index (χ0) is 26.6. The molecule has 3 aromatic heterocycles.